The maximum Gasteiger partial charge on any atom is 0.303 e. The van der Waals surface area contributed by atoms with Crippen LogP contribution in [0.1, 0.15) is 24.0 Å². The number of carbonyl (C=O) groups is 1. The second-order valence-electron chi connectivity index (χ2n) is 3.08. The zero-order valence-electron chi connectivity index (χ0n) is 7.78. The molecule has 0 aromatic heterocycles. The number of aryl methyl sites for hydroxylation is 1. The Morgan fingerprint density at radius 1 is 1.40 bits per heavy atom. The standard InChI is InChI=1S/C10H10F2O3/c11-10(12)8-5-7(13)3-1-6(8)2-4-9(14)15/h1,3,5,10,13H,2,4H2,(H,14,15). The Hall–Kier alpha value is -1.65. The Bertz CT molecular complexity index is 364. The molecule has 5 heteroatoms. The Balaban J connectivity index is 2.90. The fourth-order valence-electron chi connectivity index (χ4n) is 1.25. The number of aromatic hydroxyl groups is 1. The molecule has 1 aromatic rings. The second-order valence-corrected chi connectivity index (χ2v) is 3.08. The van der Waals surface area contributed by atoms with E-state index in [1.807, 2.05) is 0 Å². The number of halogens is 2. The van der Waals surface area contributed by atoms with E-state index in [4.69, 9.17) is 10.2 Å². The summed E-state index contributed by atoms with van der Waals surface area (Å²) < 4.78 is 24.9. The van der Waals surface area contributed by atoms with Gasteiger partial charge in [-0.15, -0.1) is 0 Å². The van der Waals surface area contributed by atoms with Crippen molar-refractivity contribution in [3.8, 4) is 5.75 Å². The van der Waals surface area contributed by atoms with Gasteiger partial charge in [0.15, 0.2) is 0 Å². The van der Waals surface area contributed by atoms with Gasteiger partial charge in [-0.1, -0.05) is 6.07 Å². The Morgan fingerprint density at radius 2 is 2.07 bits per heavy atom. The highest BCUT2D eigenvalue weighted by Crippen LogP contribution is 2.27. The smallest absolute Gasteiger partial charge is 0.303 e. The maximum absolute atomic E-state index is 12.5. The molecular weight excluding hydrogens is 206 g/mol. The van der Waals surface area contributed by atoms with Crippen LogP contribution in [0.5, 0.6) is 5.75 Å². The summed E-state index contributed by atoms with van der Waals surface area (Å²) in [5.41, 5.74) is -0.0542. The summed E-state index contributed by atoms with van der Waals surface area (Å²) in [6.07, 6.45) is -2.87. The summed E-state index contributed by atoms with van der Waals surface area (Å²) in [5, 5.41) is 17.4. The molecular formula is C10H10F2O3. The van der Waals surface area contributed by atoms with Gasteiger partial charge >= 0.3 is 5.97 Å². The average Bonchev–Trinajstić information content (AvgIpc) is 2.15. The molecule has 0 radical (unpaired) electrons. The van der Waals surface area contributed by atoms with Crippen LogP contribution in [0.15, 0.2) is 18.2 Å². The fraction of sp³-hybridized carbons (Fsp3) is 0.300. The largest absolute Gasteiger partial charge is 0.508 e. The van der Waals surface area contributed by atoms with Crippen molar-refractivity contribution in [3.05, 3.63) is 29.3 Å². The first-order valence-corrected chi connectivity index (χ1v) is 4.32. The van der Waals surface area contributed by atoms with E-state index in [9.17, 15) is 13.6 Å². The van der Waals surface area contributed by atoms with Crippen LogP contribution in [-0.4, -0.2) is 16.2 Å². The number of phenolic OH excluding ortho intramolecular Hbond substituents is 1. The summed E-state index contributed by atoms with van der Waals surface area (Å²) >= 11 is 0. The lowest BCUT2D eigenvalue weighted by molar-refractivity contribution is -0.136. The molecule has 0 aliphatic carbocycles. The highest BCUT2D eigenvalue weighted by Gasteiger charge is 2.14. The van der Waals surface area contributed by atoms with Gasteiger partial charge in [-0.2, -0.15) is 0 Å². The topological polar surface area (TPSA) is 57.5 Å². The number of benzene rings is 1. The van der Waals surface area contributed by atoms with Crippen molar-refractivity contribution in [1.82, 2.24) is 0 Å². The molecule has 3 nitrogen and oxygen atoms in total. The number of alkyl halides is 2. The zero-order valence-corrected chi connectivity index (χ0v) is 7.78. The van der Waals surface area contributed by atoms with Crippen LogP contribution in [0.3, 0.4) is 0 Å². The molecule has 0 aliphatic rings. The first kappa shape index (κ1) is 11.4. The van der Waals surface area contributed by atoms with Gasteiger partial charge in [0, 0.05) is 12.0 Å². The molecule has 0 aliphatic heterocycles. The number of aliphatic carboxylic acids is 1. The van der Waals surface area contributed by atoms with Crippen LogP contribution in [0.2, 0.25) is 0 Å². The van der Waals surface area contributed by atoms with Crippen molar-refractivity contribution in [2.75, 3.05) is 0 Å². The average molecular weight is 216 g/mol. The van der Waals surface area contributed by atoms with E-state index in [2.05, 4.69) is 0 Å². The van der Waals surface area contributed by atoms with Crippen molar-refractivity contribution in [2.24, 2.45) is 0 Å². The number of hydrogen-bond donors (Lipinski definition) is 2. The molecule has 0 unspecified atom stereocenters. The van der Waals surface area contributed by atoms with Gasteiger partial charge in [0.2, 0.25) is 0 Å². The molecule has 82 valence electrons. The number of phenols is 1. The normalized spacial score (nSPS) is 10.6. The minimum Gasteiger partial charge on any atom is -0.508 e. The van der Waals surface area contributed by atoms with Crippen LogP contribution in [0, 0.1) is 0 Å². The third kappa shape index (κ3) is 3.19. The van der Waals surface area contributed by atoms with E-state index in [-0.39, 0.29) is 29.7 Å². The van der Waals surface area contributed by atoms with Crippen LogP contribution in [-0.2, 0) is 11.2 Å². The van der Waals surface area contributed by atoms with Gasteiger partial charge in [0.05, 0.1) is 0 Å². The quantitative estimate of drug-likeness (QED) is 0.812. The Morgan fingerprint density at radius 3 is 2.60 bits per heavy atom. The van der Waals surface area contributed by atoms with Gasteiger partial charge in [-0.3, -0.25) is 4.79 Å². The molecule has 0 atom stereocenters. The van der Waals surface area contributed by atoms with E-state index < -0.39 is 12.4 Å². The van der Waals surface area contributed by atoms with Crippen LogP contribution >= 0.6 is 0 Å². The molecule has 15 heavy (non-hydrogen) atoms. The van der Waals surface area contributed by atoms with Crippen LogP contribution < -0.4 is 0 Å². The molecule has 0 bridgehead atoms. The van der Waals surface area contributed by atoms with E-state index in [1.165, 1.54) is 12.1 Å². The van der Waals surface area contributed by atoms with Gasteiger partial charge < -0.3 is 10.2 Å². The first-order valence-electron chi connectivity index (χ1n) is 4.32. The molecule has 1 aromatic carbocycles. The molecule has 0 saturated carbocycles. The Kier molecular flexibility index (Phi) is 3.60. The maximum atomic E-state index is 12.5. The zero-order chi connectivity index (χ0) is 11.4. The van der Waals surface area contributed by atoms with E-state index in [1.54, 1.807) is 0 Å². The van der Waals surface area contributed by atoms with Crippen molar-refractivity contribution < 1.29 is 23.8 Å². The summed E-state index contributed by atoms with van der Waals surface area (Å²) in [5.74, 6) is -1.28. The first-order chi connectivity index (χ1) is 7.00. The highest BCUT2D eigenvalue weighted by atomic mass is 19.3. The summed E-state index contributed by atoms with van der Waals surface area (Å²) in [6.45, 7) is 0. The SMILES string of the molecule is O=C(O)CCc1ccc(O)cc1C(F)F. The van der Waals surface area contributed by atoms with Gasteiger partial charge in [0.25, 0.3) is 6.43 Å². The molecule has 0 spiro atoms. The summed E-state index contributed by atoms with van der Waals surface area (Å²) in [6, 6.07) is 3.55. The summed E-state index contributed by atoms with van der Waals surface area (Å²) in [7, 11) is 0. The molecule has 0 fully saturated rings. The number of hydrogen-bond acceptors (Lipinski definition) is 2. The van der Waals surface area contributed by atoms with Gasteiger partial charge in [-0.25, -0.2) is 8.78 Å². The van der Waals surface area contributed by atoms with Crippen molar-refractivity contribution in [1.29, 1.82) is 0 Å². The Labute approximate surface area is 85.0 Å². The molecule has 0 amide bonds. The predicted molar refractivity (Wildman–Crippen MR) is 49.0 cm³/mol. The molecule has 2 N–H and O–H groups in total. The minimum atomic E-state index is -2.71. The lowest BCUT2D eigenvalue weighted by Gasteiger charge is -2.07. The monoisotopic (exact) mass is 216 g/mol. The van der Waals surface area contributed by atoms with E-state index >= 15 is 0 Å². The van der Waals surface area contributed by atoms with E-state index in [0.29, 0.717) is 0 Å². The number of rotatable bonds is 4. The third-order valence-electron chi connectivity index (χ3n) is 1.97. The van der Waals surface area contributed by atoms with E-state index in [0.717, 1.165) is 6.07 Å². The van der Waals surface area contributed by atoms with Crippen LogP contribution in [0.25, 0.3) is 0 Å². The van der Waals surface area contributed by atoms with Gasteiger partial charge in [-0.05, 0) is 24.1 Å². The minimum absolute atomic E-state index is 0.0370. The van der Waals surface area contributed by atoms with Gasteiger partial charge in [0.1, 0.15) is 5.75 Å². The molecule has 0 saturated heterocycles. The molecule has 0 heterocycles. The van der Waals surface area contributed by atoms with Crippen molar-refractivity contribution >= 4 is 5.97 Å². The number of carboxylic acid groups (broad SMARTS) is 1. The molecule has 1 rings (SSSR count). The summed E-state index contributed by atoms with van der Waals surface area (Å²) in [4.78, 5) is 10.3. The van der Waals surface area contributed by atoms with Crippen molar-refractivity contribution in [3.63, 3.8) is 0 Å². The number of carboxylic acids is 1. The van der Waals surface area contributed by atoms with Crippen LogP contribution in [0.4, 0.5) is 8.78 Å². The predicted octanol–water partition coefficient (Wildman–Crippen LogP) is 2.35. The van der Waals surface area contributed by atoms with Crippen molar-refractivity contribution in [2.45, 2.75) is 19.3 Å². The lowest BCUT2D eigenvalue weighted by atomic mass is 10.0. The second kappa shape index (κ2) is 4.72. The highest BCUT2D eigenvalue weighted by molar-refractivity contribution is 5.67. The lowest BCUT2D eigenvalue weighted by Crippen LogP contribution is -2.00. The fourth-order valence-corrected chi connectivity index (χ4v) is 1.25. The third-order valence-corrected chi connectivity index (χ3v) is 1.97.